The fourth-order valence-electron chi connectivity index (χ4n) is 4.55. The number of methoxy groups -OCH3 is 1. The van der Waals surface area contributed by atoms with E-state index in [4.69, 9.17) is 4.74 Å². The van der Waals surface area contributed by atoms with Crippen molar-refractivity contribution in [3.8, 4) is 0 Å². The number of hydrogen-bond acceptors (Lipinski definition) is 5. The quantitative estimate of drug-likeness (QED) is 0.413. The number of ether oxygens (including phenoxy) is 1. The van der Waals surface area contributed by atoms with E-state index in [0.717, 1.165) is 37.9 Å². The van der Waals surface area contributed by atoms with Crippen LogP contribution in [0.1, 0.15) is 27.6 Å². The molecule has 1 atom stereocenters. The molecule has 7 nitrogen and oxygen atoms in total. The lowest BCUT2D eigenvalue weighted by Gasteiger charge is -2.34. The summed E-state index contributed by atoms with van der Waals surface area (Å²) in [5.74, 6) is -1.28. The van der Waals surface area contributed by atoms with Crippen LogP contribution in [-0.2, 0) is 4.74 Å². The molecular weight excluding hydrogens is 464 g/mol. The number of fused-ring (bicyclic) bond motifs is 1. The predicted octanol–water partition coefficient (Wildman–Crippen LogP) is 4.58. The van der Waals surface area contributed by atoms with Crippen molar-refractivity contribution in [1.82, 2.24) is 15.1 Å². The van der Waals surface area contributed by atoms with Crippen molar-refractivity contribution in [1.29, 1.82) is 0 Å². The van der Waals surface area contributed by atoms with E-state index in [1.165, 1.54) is 19.2 Å². The first kappa shape index (κ1) is 23.9. The molecule has 1 fully saturated rings. The van der Waals surface area contributed by atoms with Crippen molar-refractivity contribution in [2.45, 2.75) is 6.10 Å². The number of piperazine rings is 1. The molecule has 1 saturated heterocycles. The average molecular weight is 492 g/mol. The summed E-state index contributed by atoms with van der Waals surface area (Å²) in [6.07, 6.45) is -0.694. The van der Waals surface area contributed by atoms with Crippen LogP contribution in [-0.4, -0.2) is 61.3 Å². The van der Waals surface area contributed by atoms with Gasteiger partial charge in [0.15, 0.2) is 5.82 Å². The number of carbonyl (C=O) groups is 1. The smallest absolute Gasteiger partial charge is 0.256 e. The van der Waals surface area contributed by atoms with Crippen molar-refractivity contribution < 1.29 is 18.3 Å². The first-order valence-corrected chi connectivity index (χ1v) is 11.7. The van der Waals surface area contributed by atoms with Crippen LogP contribution in [0, 0.1) is 11.6 Å². The zero-order chi connectivity index (χ0) is 25.2. The number of rotatable bonds is 6. The number of benzene rings is 3. The third-order valence-electron chi connectivity index (χ3n) is 6.54. The highest BCUT2D eigenvalue weighted by atomic mass is 19.1. The summed E-state index contributed by atoms with van der Waals surface area (Å²) in [6.45, 7) is 3.92. The second-order valence-electron chi connectivity index (χ2n) is 8.99. The molecular formula is C27H27F2N5O2. The highest BCUT2D eigenvalue weighted by molar-refractivity contribution is 6.08. The van der Waals surface area contributed by atoms with Gasteiger partial charge in [-0.1, -0.05) is 6.07 Å². The number of nitrogens with zero attached hydrogens (tertiary/aromatic N) is 3. The first-order valence-electron chi connectivity index (χ1n) is 11.7. The average Bonchev–Trinajstić information content (AvgIpc) is 3.26. The van der Waals surface area contributed by atoms with Gasteiger partial charge in [0.2, 0.25) is 0 Å². The van der Waals surface area contributed by atoms with Crippen LogP contribution in [0.25, 0.3) is 10.9 Å². The molecule has 1 aliphatic rings. The van der Waals surface area contributed by atoms with Gasteiger partial charge >= 0.3 is 0 Å². The fraction of sp³-hybridized carbons (Fsp3) is 0.259. The van der Waals surface area contributed by atoms with E-state index >= 15 is 0 Å². The summed E-state index contributed by atoms with van der Waals surface area (Å²) < 4.78 is 33.1. The number of aromatic amines is 1. The van der Waals surface area contributed by atoms with Gasteiger partial charge in [-0.05, 0) is 66.7 Å². The molecule has 3 aromatic carbocycles. The van der Waals surface area contributed by atoms with Gasteiger partial charge in [0.05, 0.1) is 5.52 Å². The van der Waals surface area contributed by atoms with E-state index in [2.05, 4.69) is 32.4 Å². The maximum absolute atomic E-state index is 13.8. The van der Waals surface area contributed by atoms with Crippen LogP contribution in [0.2, 0.25) is 0 Å². The molecule has 0 radical (unpaired) electrons. The third-order valence-corrected chi connectivity index (χ3v) is 6.54. The number of hydrogen-bond donors (Lipinski definition) is 2. The lowest BCUT2D eigenvalue weighted by molar-refractivity contribution is 0.102. The Balaban J connectivity index is 1.36. The van der Waals surface area contributed by atoms with Crippen LogP contribution < -0.4 is 10.2 Å². The maximum Gasteiger partial charge on any atom is 0.256 e. The van der Waals surface area contributed by atoms with Crippen LogP contribution in [0.4, 0.5) is 20.3 Å². The Kier molecular flexibility index (Phi) is 6.67. The minimum absolute atomic E-state index is 0.283. The van der Waals surface area contributed by atoms with E-state index in [9.17, 15) is 13.6 Å². The maximum atomic E-state index is 13.8. The van der Waals surface area contributed by atoms with E-state index in [1.807, 2.05) is 24.3 Å². The molecule has 4 aromatic rings. The molecule has 9 heteroatoms. The predicted molar refractivity (Wildman–Crippen MR) is 135 cm³/mol. The number of H-pyrrole nitrogens is 1. The Hall–Kier alpha value is -3.82. The number of amides is 1. The Morgan fingerprint density at radius 3 is 2.33 bits per heavy atom. The number of anilines is 2. The van der Waals surface area contributed by atoms with Gasteiger partial charge in [0.1, 0.15) is 17.7 Å². The summed E-state index contributed by atoms with van der Waals surface area (Å²) in [4.78, 5) is 17.6. The van der Waals surface area contributed by atoms with Crippen LogP contribution in [0.5, 0.6) is 0 Å². The second-order valence-corrected chi connectivity index (χ2v) is 8.99. The summed E-state index contributed by atoms with van der Waals surface area (Å²) in [6, 6.07) is 16.2. The molecule has 1 amide bonds. The molecule has 0 aliphatic carbocycles. The number of aromatic nitrogens is 2. The zero-order valence-corrected chi connectivity index (χ0v) is 20.1. The summed E-state index contributed by atoms with van der Waals surface area (Å²) >= 11 is 0. The molecule has 0 spiro atoms. The van der Waals surface area contributed by atoms with Crippen molar-refractivity contribution in [2.75, 3.05) is 50.6 Å². The van der Waals surface area contributed by atoms with Gasteiger partial charge in [-0.3, -0.25) is 9.89 Å². The zero-order valence-electron chi connectivity index (χ0n) is 20.1. The van der Waals surface area contributed by atoms with Crippen molar-refractivity contribution in [2.24, 2.45) is 0 Å². The van der Waals surface area contributed by atoms with E-state index < -0.39 is 17.7 Å². The third kappa shape index (κ3) is 4.93. The number of likely N-dealkylation sites (N-methyl/N-ethyl adjacent to an activating group) is 1. The Labute approximate surface area is 207 Å². The summed E-state index contributed by atoms with van der Waals surface area (Å²) in [7, 11) is 3.59. The van der Waals surface area contributed by atoms with Crippen LogP contribution in [0.3, 0.4) is 0 Å². The second kappa shape index (κ2) is 10.0. The molecule has 2 heterocycles. The minimum Gasteiger partial charge on any atom is -0.372 e. The van der Waals surface area contributed by atoms with E-state index in [1.54, 1.807) is 18.2 Å². The lowest BCUT2D eigenvalue weighted by Crippen LogP contribution is -2.44. The molecule has 186 valence electrons. The van der Waals surface area contributed by atoms with Gasteiger partial charge in [0.25, 0.3) is 5.91 Å². The molecule has 1 aromatic heterocycles. The number of nitrogens with one attached hydrogen (secondary N) is 2. The van der Waals surface area contributed by atoms with Gasteiger partial charge in [-0.15, -0.1) is 0 Å². The fourth-order valence-corrected chi connectivity index (χ4v) is 4.55. The molecule has 5 rings (SSSR count). The summed E-state index contributed by atoms with van der Waals surface area (Å²) in [5, 5.41) is 10.7. The van der Waals surface area contributed by atoms with Crippen LogP contribution in [0.15, 0.2) is 60.7 Å². The highest BCUT2D eigenvalue weighted by Crippen LogP contribution is 2.31. The van der Waals surface area contributed by atoms with E-state index in [0.29, 0.717) is 33.4 Å². The Morgan fingerprint density at radius 2 is 1.67 bits per heavy atom. The molecule has 36 heavy (non-hydrogen) atoms. The minimum atomic E-state index is -0.694. The Bertz CT molecular complexity index is 1360. The standard InChI is InChI=1S/C27H27F2N5O2/c1-33-9-11-34(12-10-33)22-6-3-17(4-7-22)27(35)30-26-23-15-18(5-8-24(23)31-32-26)25(36-2)19-13-20(28)16-21(29)14-19/h3-8,13-16,25H,9-12H2,1-2H3,(H2,30,31,32,35). The van der Waals surface area contributed by atoms with Gasteiger partial charge in [-0.2, -0.15) is 5.10 Å². The highest BCUT2D eigenvalue weighted by Gasteiger charge is 2.19. The van der Waals surface area contributed by atoms with Crippen molar-refractivity contribution in [3.05, 3.63) is 89.0 Å². The van der Waals surface area contributed by atoms with Gasteiger partial charge in [0, 0.05) is 56.0 Å². The number of halogens is 2. The largest absolute Gasteiger partial charge is 0.372 e. The van der Waals surface area contributed by atoms with E-state index in [-0.39, 0.29) is 5.91 Å². The van der Waals surface area contributed by atoms with Gasteiger partial charge in [-0.25, -0.2) is 8.78 Å². The SMILES string of the molecule is COC(c1cc(F)cc(F)c1)c1ccc2[nH]nc(NC(=O)c3ccc(N4CCN(C)CC4)cc3)c2c1. The molecule has 1 unspecified atom stereocenters. The molecule has 0 saturated carbocycles. The monoisotopic (exact) mass is 491 g/mol. The van der Waals surface area contributed by atoms with Crippen molar-refractivity contribution in [3.63, 3.8) is 0 Å². The van der Waals surface area contributed by atoms with Crippen LogP contribution >= 0.6 is 0 Å². The Morgan fingerprint density at radius 1 is 0.972 bits per heavy atom. The van der Waals surface area contributed by atoms with Gasteiger partial charge < -0.3 is 19.9 Å². The molecule has 2 N–H and O–H groups in total. The number of carbonyl (C=O) groups excluding carboxylic acids is 1. The normalized spacial score (nSPS) is 15.3. The molecule has 1 aliphatic heterocycles. The summed E-state index contributed by atoms with van der Waals surface area (Å²) in [5.41, 5.74) is 3.34. The van der Waals surface area contributed by atoms with Crippen molar-refractivity contribution >= 4 is 28.3 Å². The first-order chi connectivity index (χ1) is 17.4. The molecule has 0 bridgehead atoms. The topological polar surface area (TPSA) is 73.5 Å². The lowest BCUT2D eigenvalue weighted by atomic mass is 9.99.